The third kappa shape index (κ3) is 2.89. The van der Waals surface area contributed by atoms with Crippen molar-refractivity contribution < 1.29 is 4.79 Å². The van der Waals surface area contributed by atoms with Gasteiger partial charge >= 0.3 is 0 Å². The Labute approximate surface area is 104 Å². The van der Waals surface area contributed by atoms with E-state index in [4.69, 9.17) is 0 Å². The van der Waals surface area contributed by atoms with Crippen molar-refractivity contribution in [2.24, 2.45) is 17.3 Å². The highest BCUT2D eigenvalue weighted by Crippen LogP contribution is 2.41. The Morgan fingerprint density at radius 1 is 1.38 bits per heavy atom. The maximum Gasteiger partial charge on any atom is 0.220 e. The van der Waals surface area contributed by atoms with Gasteiger partial charge in [-0.25, -0.2) is 0 Å². The lowest BCUT2D eigenvalue weighted by atomic mass is 9.86. The molecule has 2 unspecified atom stereocenters. The summed E-state index contributed by atoms with van der Waals surface area (Å²) in [6.45, 7) is 8.63. The van der Waals surface area contributed by atoms with E-state index in [0.717, 1.165) is 31.3 Å². The van der Waals surface area contributed by atoms with E-state index < -0.39 is 0 Å². The number of carbonyl (C=O) groups is 1. The molecule has 0 aromatic heterocycles. The summed E-state index contributed by atoms with van der Waals surface area (Å²) in [4.78, 5) is 11.8. The van der Waals surface area contributed by atoms with E-state index in [2.05, 4.69) is 31.4 Å². The highest BCUT2D eigenvalue weighted by Gasteiger charge is 2.53. The highest BCUT2D eigenvalue weighted by atomic mass is 35.5. The summed E-state index contributed by atoms with van der Waals surface area (Å²) in [5.41, 5.74) is 0.145. The van der Waals surface area contributed by atoms with Gasteiger partial charge < -0.3 is 10.6 Å². The lowest BCUT2D eigenvalue weighted by Gasteiger charge is -2.21. The van der Waals surface area contributed by atoms with Gasteiger partial charge in [0.25, 0.3) is 0 Å². The van der Waals surface area contributed by atoms with Gasteiger partial charge in [0.05, 0.1) is 0 Å². The Kier molecular flexibility index (Phi) is 4.24. The van der Waals surface area contributed by atoms with Crippen molar-refractivity contribution in [3.8, 4) is 0 Å². The zero-order valence-electron chi connectivity index (χ0n) is 10.4. The third-order valence-electron chi connectivity index (χ3n) is 4.02. The van der Waals surface area contributed by atoms with Crippen LogP contribution in [0.5, 0.6) is 0 Å². The maximum atomic E-state index is 11.8. The van der Waals surface area contributed by atoms with Gasteiger partial charge in [-0.05, 0) is 17.3 Å². The molecule has 1 heterocycles. The topological polar surface area (TPSA) is 41.1 Å². The molecule has 94 valence electrons. The molecule has 3 nitrogen and oxygen atoms in total. The Morgan fingerprint density at radius 2 is 1.94 bits per heavy atom. The second-order valence-corrected chi connectivity index (χ2v) is 5.77. The lowest BCUT2D eigenvalue weighted by molar-refractivity contribution is -0.123. The van der Waals surface area contributed by atoms with Crippen molar-refractivity contribution in [3.63, 3.8) is 0 Å². The summed E-state index contributed by atoms with van der Waals surface area (Å²) in [5, 5.41) is 6.50. The molecule has 1 aliphatic heterocycles. The fraction of sp³-hybridized carbons (Fsp3) is 0.917. The quantitative estimate of drug-likeness (QED) is 0.791. The Bertz CT molecular complexity index is 258. The van der Waals surface area contributed by atoms with Gasteiger partial charge in [0, 0.05) is 25.6 Å². The molecule has 1 aliphatic carbocycles. The van der Waals surface area contributed by atoms with Gasteiger partial charge in [-0.3, -0.25) is 4.79 Å². The van der Waals surface area contributed by atoms with E-state index in [9.17, 15) is 4.79 Å². The summed E-state index contributed by atoms with van der Waals surface area (Å²) >= 11 is 0. The zero-order valence-corrected chi connectivity index (χ0v) is 11.2. The molecule has 2 aliphatic rings. The van der Waals surface area contributed by atoms with E-state index in [0.29, 0.717) is 12.5 Å². The first-order valence-electron chi connectivity index (χ1n) is 6.03. The van der Waals surface area contributed by atoms with E-state index in [1.807, 2.05) is 0 Å². The van der Waals surface area contributed by atoms with Crippen molar-refractivity contribution in [2.75, 3.05) is 13.1 Å². The zero-order chi connectivity index (χ0) is 11.1. The molecule has 1 saturated heterocycles. The normalized spacial score (nSPS) is 31.6. The minimum atomic E-state index is 0. The first-order valence-corrected chi connectivity index (χ1v) is 6.03. The van der Waals surface area contributed by atoms with Gasteiger partial charge in [-0.2, -0.15) is 0 Å². The number of amides is 1. The van der Waals surface area contributed by atoms with E-state index in [1.54, 1.807) is 0 Å². The lowest BCUT2D eigenvalue weighted by Crippen LogP contribution is -2.34. The first kappa shape index (κ1) is 13.8. The molecule has 2 rings (SSSR count). The number of hydrogen-bond acceptors (Lipinski definition) is 2. The number of piperidine rings is 1. The van der Waals surface area contributed by atoms with Crippen LogP contribution >= 0.6 is 12.4 Å². The summed E-state index contributed by atoms with van der Waals surface area (Å²) in [6.07, 6.45) is 1.71. The third-order valence-corrected chi connectivity index (χ3v) is 4.02. The van der Waals surface area contributed by atoms with Crippen LogP contribution in [-0.2, 0) is 4.79 Å². The second kappa shape index (κ2) is 4.92. The Morgan fingerprint density at radius 3 is 2.44 bits per heavy atom. The van der Waals surface area contributed by atoms with Gasteiger partial charge in [0.2, 0.25) is 5.91 Å². The van der Waals surface area contributed by atoms with Crippen molar-refractivity contribution in [3.05, 3.63) is 0 Å². The van der Waals surface area contributed by atoms with E-state index in [-0.39, 0.29) is 23.7 Å². The van der Waals surface area contributed by atoms with Crippen LogP contribution in [0.4, 0.5) is 0 Å². The molecule has 0 radical (unpaired) electrons. The average Bonchev–Trinajstić information content (AvgIpc) is 2.64. The van der Waals surface area contributed by atoms with Gasteiger partial charge in [-0.1, -0.05) is 27.2 Å². The Balaban J connectivity index is 0.00000128. The monoisotopic (exact) mass is 246 g/mol. The highest BCUT2D eigenvalue weighted by molar-refractivity contribution is 5.85. The molecule has 4 heteroatoms. The van der Waals surface area contributed by atoms with Crippen LogP contribution in [0.2, 0.25) is 0 Å². The number of carbonyl (C=O) groups excluding carboxylic acids is 1. The SMILES string of the molecule is CCC(C)(C)CC(=O)NC1C2CNCC21.Cl. The van der Waals surface area contributed by atoms with Gasteiger partial charge in [-0.15, -0.1) is 12.4 Å². The number of halogens is 1. The molecule has 2 N–H and O–H groups in total. The van der Waals surface area contributed by atoms with Crippen molar-refractivity contribution in [2.45, 2.75) is 39.7 Å². The van der Waals surface area contributed by atoms with Crippen LogP contribution < -0.4 is 10.6 Å². The molecule has 16 heavy (non-hydrogen) atoms. The van der Waals surface area contributed by atoms with Crippen molar-refractivity contribution >= 4 is 18.3 Å². The first-order chi connectivity index (χ1) is 7.03. The summed E-state index contributed by atoms with van der Waals surface area (Å²) in [7, 11) is 0. The fourth-order valence-corrected chi connectivity index (χ4v) is 2.43. The number of rotatable bonds is 4. The van der Waals surface area contributed by atoms with Crippen LogP contribution in [0.15, 0.2) is 0 Å². The fourth-order valence-electron chi connectivity index (χ4n) is 2.43. The largest absolute Gasteiger partial charge is 0.353 e. The number of fused-ring (bicyclic) bond motifs is 1. The average molecular weight is 247 g/mol. The minimum absolute atomic E-state index is 0. The summed E-state index contributed by atoms with van der Waals surface area (Å²) in [6, 6.07) is 0.478. The molecule has 0 spiro atoms. The summed E-state index contributed by atoms with van der Waals surface area (Å²) in [5.74, 6) is 1.68. The molecule has 0 aromatic rings. The van der Waals surface area contributed by atoms with Crippen LogP contribution in [-0.4, -0.2) is 25.0 Å². The van der Waals surface area contributed by atoms with Crippen LogP contribution in [0.1, 0.15) is 33.6 Å². The predicted octanol–water partition coefficient (Wildman–Crippen LogP) is 1.57. The van der Waals surface area contributed by atoms with Crippen LogP contribution in [0.3, 0.4) is 0 Å². The van der Waals surface area contributed by atoms with E-state index in [1.165, 1.54) is 0 Å². The van der Waals surface area contributed by atoms with Crippen molar-refractivity contribution in [1.29, 1.82) is 0 Å². The maximum absolute atomic E-state index is 11.8. The van der Waals surface area contributed by atoms with Gasteiger partial charge in [0.1, 0.15) is 0 Å². The van der Waals surface area contributed by atoms with E-state index >= 15 is 0 Å². The standard InChI is InChI=1S/C12H22N2O.ClH/c1-4-12(2,3)5-10(15)14-11-8-6-13-7-9(8)11;/h8-9,11,13H,4-7H2,1-3H3,(H,14,15);1H. The number of nitrogens with one attached hydrogen (secondary N) is 2. The van der Waals surface area contributed by atoms with Gasteiger partial charge in [0.15, 0.2) is 0 Å². The molecular formula is C12H23ClN2O. The predicted molar refractivity (Wildman–Crippen MR) is 67.7 cm³/mol. The molecule has 1 amide bonds. The molecule has 0 aromatic carbocycles. The molecule has 0 bridgehead atoms. The smallest absolute Gasteiger partial charge is 0.220 e. The minimum Gasteiger partial charge on any atom is -0.353 e. The van der Waals surface area contributed by atoms with Crippen molar-refractivity contribution in [1.82, 2.24) is 10.6 Å². The molecule has 2 fully saturated rings. The molecule has 1 saturated carbocycles. The Hall–Kier alpha value is -0.280. The summed E-state index contributed by atoms with van der Waals surface area (Å²) < 4.78 is 0. The van der Waals surface area contributed by atoms with Crippen LogP contribution in [0, 0.1) is 17.3 Å². The molecular weight excluding hydrogens is 224 g/mol. The molecule has 2 atom stereocenters. The van der Waals surface area contributed by atoms with Crippen LogP contribution in [0.25, 0.3) is 0 Å². The second-order valence-electron chi connectivity index (χ2n) is 5.77. The number of hydrogen-bond donors (Lipinski definition) is 2.